The van der Waals surface area contributed by atoms with Crippen LogP contribution in [0.2, 0.25) is 0 Å². The third-order valence-electron chi connectivity index (χ3n) is 1.18. The molecule has 4 heteroatoms. The van der Waals surface area contributed by atoms with Crippen molar-refractivity contribution in [3.05, 3.63) is 0 Å². The van der Waals surface area contributed by atoms with Crippen molar-refractivity contribution in [2.75, 3.05) is 33.9 Å². The van der Waals surface area contributed by atoms with Gasteiger partial charge in [-0.2, -0.15) is 0 Å². The number of aliphatic hydroxyl groups excluding tert-OH is 1. The van der Waals surface area contributed by atoms with Crippen LogP contribution in [0.4, 0.5) is 0 Å². The molecule has 1 unspecified atom stereocenters. The van der Waals surface area contributed by atoms with Gasteiger partial charge in [-0.15, -0.1) is 0 Å². The predicted molar refractivity (Wildman–Crippen MR) is 39.6 cm³/mol. The van der Waals surface area contributed by atoms with E-state index in [1.807, 2.05) is 11.9 Å². The van der Waals surface area contributed by atoms with Crippen molar-refractivity contribution in [3.63, 3.8) is 0 Å². The van der Waals surface area contributed by atoms with Gasteiger partial charge in [0.05, 0.1) is 6.61 Å². The van der Waals surface area contributed by atoms with Crippen LogP contribution in [0.15, 0.2) is 0 Å². The standard InChI is InChI=1S/C6H16N2O2/c1-8(3-4-10-2)5-6(7)9/h6,9H,3-5,7H2,1-2H3. The molecule has 0 rings (SSSR count). The largest absolute Gasteiger partial charge is 0.383 e. The molecule has 0 saturated heterocycles. The third kappa shape index (κ3) is 5.97. The summed E-state index contributed by atoms with van der Waals surface area (Å²) >= 11 is 0. The van der Waals surface area contributed by atoms with Crippen molar-refractivity contribution >= 4 is 0 Å². The Kier molecular flexibility index (Phi) is 5.52. The van der Waals surface area contributed by atoms with Gasteiger partial charge in [0.25, 0.3) is 0 Å². The van der Waals surface area contributed by atoms with E-state index in [9.17, 15) is 0 Å². The average molecular weight is 148 g/mol. The van der Waals surface area contributed by atoms with Crippen LogP contribution in [-0.4, -0.2) is 50.1 Å². The van der Waals surface area contributed by atoms with E-state index in [4.69, 9.17) is 15.6 Å². The molecule has 0 saturated carbocycles. The van der Waals surface area contributed by atoms with Crippen LogP contribution in [0.5, 0.6) is 0 Å². The molecule has 62 valence electrons. The Hall–Kier alpha value is -0.160. The number of hydrogen-bond acceptors (Lipinski definition) is 4. The summed E-state index contributed by atoms with van der Waals surface area (Å²) in [5.41, 5.74) is 5.14. The van der Waals surface area contributed by atoms with E-state index < -0.39 is 6.23 Å². The normalized spacial score (nSPS) is 14.1. The maximum Gasteiger partial charge on any atom is 0.115 e. The van der Waals surface area contributed by atoms with E-state index in [1.54, 1.807) is 7.11 Å². The van der Waals surface area contributed by atoms with Crippen LogP contribution in [-0.2, 0) is 4.74 Å². The van der Waals surface area contributed by atoms with E-state index in [0.717, 1.165) is 6.54 Å². The highest BCUT2D eigenvalue weighted by Crippen LogP contribution is 1.82. The highest BCUT2D eigenvalue weighted by molar-refractivity contribution is 4.53. The molecule has 0 aliphatic carbocycles. The van der Waals surface area contributed by atoms with Crippen LogP contribution in [0.25, 0.3) is 0 Å². The number of ether oxygens (including phenoxy) is 1. The van der Waals surface area contributed by atoms with Crippen molar-refractivity contribution < 1.29 is 9.84 Å². The molecule has 0 fully saturated rings. The zero-order valence-electron chi connectivity index (χ0n) is 6.58. The van der Waals surface area contributed by atoms with Gasteiger partial charge in [0.2, 0.25) is 0 Å². The minimum absolute atomic E-state index is 0.489. The Labute approximate surface area is 61.6 Å². The molecule has 0 spiro atoms. The number of rotatable bonds is 5. The SMILES string of the molecule is COCCN(C)CC(N)O. The molecule has 0 heterocycles. The topological polar surface area (TPSA) is 58.7 Å². The zero-order chi connectivity index (χ0) is 7.98. The van der Waals surface area contributed by atoms with Gasteiger partial charge in [0.15, 0.2) is 0 Å². The van der Waals surface area contributed by atoms with Gasteiger partial charge in [-0.3, -0.25) is 0 Å². The molecule has 0 amide bonds. The number of methoxy groups -OCH3 is 1. The van der Waals surface area contributed by atoms with Gasteiger partial charge in [0.1, 0.15) is 6.23 Å². The maximum absolute atomic E-state index is 8.72. The second-order valence-electron chi connectivity index (χ2n) is 2.32. The van der Waals surface area contributed by atoms with Crippen molar-refractivity contribution in [2.24, 2.45) is 5.73 Å². The van der Waals surface area contributed by atoms with E-state index in [2.05, 4.69) is 0 Å². The highest BCUT2D eigenvalue weighted by atomic mass is 16.5. The fourth-order valence-corrected chi connectivity index (χ4v) is 0.658. The lowest BCUT2D eigenvalue weighted by Crippen LogP contribution is -2.36. The Morgan fingerprint density at radius 3 is 2.70 bits per heavy atom. The first-order chi connectivity index (χ1) is 4.66. The van der Waals surface area contributed by atoms with E-state index in [-0.39, 0.29) is 0 Å². The fourth-order valence-electron chi connectivity index (χ4n) is 0.658. The molecule has 3 N–H and O–H groups in total. The number of nitrogens with zero attached hydrogens (tertiary/aromatic N) is 1. The lowest BCUT2D eigenvalue weighted by molar-refractivity contribution is 0.107. The van der Waals surface area contributed by atoms with Crippen LogP contribution in [0.3, 0.4) is 0 Å². The summed E-state index contributed by atoms with van der Waals surface area (Å²) in [5, 5.41) is 8.72. The second-order valence-corrected chi connectivity index (χ2v) is 2.32. The van der Waals surface area contributed by atoms with Gasteiger partial charge in [-0.05, 0) is 7.05 Å². The first kappa shape index (κ1) is 9.84. The minimum atomic E-state index is -0.748. The van der Waals surface area contributed by atoms with Gasteiger partial charge >= 0.3 is 0 Å². The summed E-state index contributed by atoms with van der Waals surface area (Å²) in [6, 6.07) is 0. The summed E-state index contributed by atoms with van der Waals surface area (Å²) in [6.07, 6.45) is -0.748. The number of likely N-dealkylation sites (N-methyl/N-ethyl adjacent to an activating group) is 1. The number of nitrogens with two attached hydrogens (primary N) is 1. The molecule has 1 atom stereocenters. The smallest absolute Gasteiger partial charge is 0.115 e. The van der Waals surface area contributed by atoms with Crippen molar-refractivity contribution in [3.8, 4) is 0 Å². The van der Waals surface area contributed by atoms with Crippen LogP contribution < -0.4 is 5.73 Å². The monoisotopic (exact) mass is 148 g/mol. The molecule has 0 aromatic rings. The number of aliphatic hydroxyl groups is 1. The summed E-state index contributed by atoms with van der Waals surface area (Å²) in [6.45, 7) is 1.96. The molecule has 4 nitrogen and oxygen atoms in total. The van der Waals surface area contributed by atoms with Gasteiger partial charge in [-0.25, -0.2) is 0 Å². The van der Waals surface area contributed by atoms with Gasteiger partial charge in [0, 0.05) is 20.2 Å². The molecular formula is C6H16N2O2. The maximum atomic E-state index is 8.72. The Balaban J connectivity index is 3.16. The average Bonchev–Trinajstić information content (AvgIpc) is 1.82. The molecule has 0 aromatic carbocycles. The summed E-state index contributed by atoms with van der Waals surface area (Å²) < 4.78 is 4.83. The van der Waals surface area contributed by atoms with Gasteiger partial charge < -0.3 is 20.5 Å². The summed E-state index contributed by atoms with van der Waals surface area (Å²) in [4.78, 5) is 1.91. The molecule has 0 aromatic heterocycles. The zero-order valence-corrected chi connectivity index (χ0v) is 6.58. The Bertz CT molecular complexity index is 78.1. The molecule has 10 heavy (non-hydrogen) atoms. The molecule has 0 aliphatic rings. The quantitative estimate of drug-likeness (QED) is 0.483. The van der Waals surface area contributed by atoms with Crippen LogP contribution in [0, 0.1) is 0 Å². The predicted octanol–water partition coefficient (Wildman–Crippen LogP) is -1.16. The lowest BCUT2D eigenvalue weighted by Gasteiger charge is -2.16. The molecule has 0 aliphatic heterocycles. The Morgan fingerprint density at radius 2 is 2.30 bits per heavy atom. The van der Waals surface area contributed by atoms with Crippen LogP contribution >= 0.6 is 0 Å². The van der Waals surface area contributed by atoms with E-state index in [1.165, 1.54) is 0 Å². The lowest BCUT2D eigenvalue weighted by atomic mass is 10.5. The summed E-state index contributed by atoms with van der Waals surface area (Å²) in [7, 11) is 3.53. The third-order valence-corrected chi connectivity index (χ3v) is 1.18. The second kappa shape index (κ2) is 5.61. The van der Waals surface area contributed by atoms with E-state index in [0.29, 0.717) is 13.2 Å². The van der Waals surface area contributed by atoms with Gasteiger partial charge in [-0.1, -0.05) is 0 Å². The molecular weight excluding hydrogens is 132 g/mol. The first-order valence-corrected chi connectivity index (χ1v) is 3.28. The Morgan fingerprint density at radius 1 is 1.70 bits per heavy atom. The highest BCUT2D eigenvalue weighted by Gasteiger charge is 2.00. The van der Waals surface area contributed by atoms with E-state index >= 15 is 0 Å². The fraction of sp³-hybridized carbons (Fsp3) is 1.00. The van der Waals surface area contributed by atoms with Crippen LogP contribution in [0.1, 0.15) is 0 Å². The molecule has 0 bridgehead atoms. The van der Waals surface area contributed by atoms with Crippen molar-refractivity contribution in [1.29, 1.82) is 0 Å². The van der Waals surface area contributed by atoms with Crippen molar-refractivity contribution in [1.82, 2.24) is 4.90 Å². The first-order valence-electron chi connectivity index (χ1n) is 3.28. The molecule has 0 radical (unpaired) electrons. The van der Waals surface area contributed by atoms with Crippen molar-refractivity contribution in [2.45, 2.75) is 6.23 Å². The minimum Gasteiger partial charge on any atom is -0.383 e. The number of hydrogen-bond donors (Lipinski definition) is 2. The summed E-state index contributed by atoms with van der Waals surface area (Å²) in [5.74, 6) is 0.